The van der Waals surface area contributed by atoms with E-state index in [0.717, 1.165) is 25.3 Å². The van der Waals surface area contributed by atoms with E-state index in [1.165, 1.54) is 11.3 Å². The number of hydrogen-bond donors (Lipinski definition) is 1. The number of rotatable bonds is 2. The molecule has 1 fully saturated rings. The number of carbonyl (C=O) groups excluding carboxylic acids is 1. The number of amidine groups is 1. The Balaban J connectivity index is 2.08. The maximum Gasteiger partial charge on any atom is 0.216 e. The van der Waals surface area contributed by atoms with Gasteiger partial charge in [-0.25, -0.2) is 0 Å². The van der Waals surface area contributed by atoms with Gasteiger partial charge in [0.05, 0.1) is 6.04 Å². The molecule has 94 valence electrons. The molecule has 0 spiro atoms. The van der Waals surface area contributed by atoms with Crippen LogP contribution in [0.15, 0.2) is 16.3 Å². The van der Waals surface area contributed by atoms with Gasteiger partial charge in [-0.05, 0) is 38.7 Å². The molecule has 2 rings (SSSR count). The van der Waals surface area contributed by atoms with Crippen molar-refractivity contribution in [2.75, 3.05) is 13.1 Å². The second-order valence-electron chi connectivity index (χ2n) is 5.10. The molecule has 2 aliphatic heterocycles. The molecule has 0 saturated carbocycles. The molecular weight excluding hydrogens is 214 g/mol. The predicted molar refractivity (Wildman–Crippen MR) is 68.8 cm³/mol. The van der Waals surface area contributed by atoms with Gasteiger partial charge in [-0.15, -0.1) is 0 Å². The van der Waals surface area contributed by atoms with Crippen LogP contribution >= 0.6 is 0 Å². The van der Waals surface area contributed by atoms with Crippen LogP contribution in [0, 0.1) is 5.92 Å². The van der Waals surface area contributed by atoms with E-state index in [-0.39, 0.29) is 5.91 Å². The fourth-order valence-electron chi connectivity index (χ4n) is 2.63. The van der Waals surface area contributed by atoms with E-state index in [2.05, 4.69) is 36.0 Å². The largest absolute Gasteiger partial charge is 0.356 e. The molecule has 2 aliphatic rings. The molecule has 4 nitrogen and oxygen atoms in total. The Kier molecular flexibility index (Phi) is 3.22. The van der Waals surface area contributed by atoms with Crippen LogP contribution in [0.3, 0.4) is 0 Å². The minimum absolute atomic E-state index is 0.0549. The summed E-state index contributed by atoms with van der Waals surface area (Å²) in [6.07, 6.45) is 1.06. The maximum absolute atomic E-state index is 10.9. The van der Waals surface area contributed by atoms with E-state index >= 15 is 0 Å². The summed E-state index contributed by atoms with van der Waals surface area (Å²) in [5.41, 5.74) is 2.79. The summed E-state index contributed by atoms with van der Waals surface area (Å²) < 4.78 is 0. The molecule has 0 radical (unpaired) electrons. The third kappa shape index (κ3) is 2.35. The van der Waals surface area contributed by atoms with E-state index < -0.39 is 0 Å². The zero-order chi connectivity index (χ0) is 12.6. The number of amides is 1. The second kappa shape index (κ2) is 4.51. The summed E-state index contributed by atoms with van der Waals surface area (Å²) in [6, 6.07) is 0.306. The molecule has 0 aromatic rings. The highest BCUT2D eigenvalue weighted by atomic mass is 16.1. The van der Waals surface area contributed by atoms with Crippen LogP contribution in [0.25, 0.3) is 0 Å². The first-order chi connectivity index (χ1) is 7.99. The smallest absolute Gasteiger partial charge is 0.216 e. The van der Waals surface area contributed by atoms with Crippen molar-refractivity contribution in [2.45, 2.75) is 40.2 Å². The topological polar surface area (TPSA) is 44.7 Å². The summed E-state index contributed by atoms with van der Waals surface area (Å²) in [5, 5.41) is 2.91. The molecule has 4 heteroatoms. The summed E-state index contributed by atoms with van der Waals surface area (Å²) in [6.45, 7) is 9.71. The van der Waals surface area contributed by atoms with E-state index in [1.807, 2.05) is 0 Å². The molecule has 2 unspecified atom stereocenters. The van der Waals surface area contributed by atoms with Crippen LogP contribution < -0.4 is 5.32 Å². The van der Waals surface area contributed by atoms with Crippen molar-refractivity contribution < 1.29 is 4.79 Å². The van der Waals surface area contributed by atoms with Crippen molar-refractivity contribution in [2.24, 2.45) is 10.9 Å². The first-order valence-electron chi connectivity index (χ1n) is 6.25. The number of nitrogens with one attached hydrogen (secondary N) is 1. The van der Waals surface area contributed by atoms with Crippen LogP contribution in [0.5, 0.6) is 0 Å². The zero-order valence-corrected chi connectivity index (χ0v) is 11.1. The van der Waals surface area contributed by atoms with E-state index in [0.29, 0.717) is 12.0 Å². The standard InChI is InChI=1S/C13H21N3O/c1-8-9(2)15-10(3)16-7-12(5-13(8)16)6-14-11(4)17/h9,12H,5-7H2,1-4H3,(H,14,17). The Bertz CT molecular complexity index is 397. The van der Waals surface area contributed by atoms with Gasteiger partial charge in [0.25, 0.3) is 0 Å². The van der Waals surface area contributed by atoms with Crippen LogP contribution in [0.2, 0.25) is 0 Å². The van der Waals surface area contributed by atoms with Crippen molar-refractivity contribution in [3.05, 3.63) is 11.3 Å². The Morgan fingerprint density at radius 2 is 2.24 bits per heavy atom. The number of carbonyl (C=O) groups is 1. The lowest BCUT2D eigenvalue weighted by atomic mass is 10.0. The lowest BCUT2D eigenvalue weighted by Crippen LogP contribution is -2.33. The van der Waals surface area contributed by atoms with Gasteiger partial charge in [-0.3, -0.25) is 9.79 Å². The molecule has 0 bridgehead atoms. The van der Waals surface area contributed by atoms with Gasteiger partial charge in [0.2, 0.25) is 5.91 Å². The monoisotopic (exact) mass is 235 g/mol. The number of hydrogen-bond acceptors (Lipinski definition) is 3. The molecular formula is C13H21N3O. The number of allylic oxidation sites excluding steroid dienone is 1. The molecule has 2 atom stereocenters. The van der Waals surface area contributed by atoms with Crippen LogP contribution in [0.4, 0.5) is 0 Å². The van der Waals surface area contributed by atoms with Crippen LogP contribution in [-0.2, 0) is 4.79 Å². The predicted octanol–water partition coefficient (Wildman–Crippen LogP) is 1.54. The van der Waals surface area contributed by atoms with Crippen molar-refractivity contribution in [1.29, 1.82) is 0 Å². The maximum atomic E-state index is 10.9. The molecule has 1 N–H and O–H groups in total. The second-order valence-corrected chi connectivity index (χ2v) is 5.10. The van der Waals surface area contributed by atoms with E-state index in [9.17, 15) is 4.79 Å². The number of aliphatic imine (C=N–C) groups is 1. The van der Waals surface area contributed by atoms with Crippen LogP contribution in [0.1, 0.15) is 34.1 Å². The van der Waals surface area contributed by atoms with E-state index in [1.54, 1.807) is 6.92 Å². The summed E-state index contributed by atoms with van der Waals surface area (Å²) in [7, 11) is 0. The normalized spacial score (nSPS) is 28.0. The molecule has 17 heavy (non-hydrogen) atoms. The minimum atomic E-state index is 0.0549. The first kappa shape index (κ1) is 12.1. The molecule has 0 aliphatic carbocycles. The lowest BCUT2D eigenvalue weighted by molar-refractivity contribution is -0.119. The fraction of sp³-hybridized carbons (Fsp3) is 0.692. The SMILES string of the molecule is CC(=O)NCC1CC2=C(C)C(C)N=C(C)N2C1. The fourth-order valence-corrected chi connectivity index (χ4v) is 2.63. The van der Waals surface area contributed by atoms with E-state index in [4.69, 9.17) is 0 Å². The number of nitrogens with zero attached hydrogens (tertiary/aromatic N) is 2. The molecule has 2 heterocycles. The van der Waals surface area contributed by atoms with Crippen molar-refractivity contribution >= 4 is 11.7 Å². The highest BCUT2D eigenvalue weighted by molar-refractivity contribution is 5.83. The Hall–Kier alpha value is -1.32. The third-order valence-corrected chi connectivity index (χ3v) is 3.74. The molecule has 0 aromatic heterocycles. The van der Waals surface area contributed by atoms with Crippen molar-refractivity contribution in [3.8, 4) is 0 Å². The highest BCUT2D eigenvalue weighted by Crippen LogP contribution is 2.33. The van der Waals surface area contributed by atoms with Crippen molar-refractivity contribution in [3.63, 3.8) is 0 Å². The molecule has 0 aromatic carbocycles. The Labute approximate surface area is 103 Å². The van der Waals surface area contributed by atoms with Gasteiger partial charge in [-0.2, -0.15) is 0 Å². The average Bonchev–Trinajstić information content (AvgIpc) is 2.68. The minimum Gasteiger partial charge on any atom is -0.356 e. The number of fused-ring (bicyclic) bond motifs is 1. The van der Waals surface area contributed by atoms with Gasteiger partial charge in [0, 0.05) is 25.7 Å². The Morgan fingerprint density at radius 3 is 2.88 bits per heavy atom. The van der Waals surface area contributed by atoms with Gasteiger partial charge in [0.15, 0.2) is 0 Å². The Morgan fingerprint density at radius 1 is 1.53 bits per heavy atom. The zero-order valence-electron chi connectivity index (χ0n) is 11.1. The van der Waals surface area contributed by atoms with Crippen molar-refractivity contribution in [1.82, 2.24) is 10.2 Å². The van der Waals surface area contributed by atoms with Gasteiger partial charge >= 0.3 is 0 Å². The summed E-state index contributed by atoms with van der Waals surface area (Å²) in [5.74, 6) is 1.68. The summed E-state index contributed by atoms with van der Waals surface area (Å²) >= 11 is 0. The van der Waals surface area contributed by atoms with Crippen LogP contribution in [-0.4, -0.2) is 35.8 Å². The van der Waals surface area contributed by atoms with Gasteiger partial charge in [-0.1, -0.05) is 0 Å². The van der Waals surface area contributed by atoms with Gasteiger partial charge < -0.3 is 10.2 Å². The highest BCUT2D eigenvalue weighted by Gasteiger charge is 2.32. The third-order valence-electron chi connectivity index (χ3n) is 3.74. The quantitative estimate of drug-likeness (QED) is 0.789. The lowest BCUT2D eigenvalue weighted by Gasteiger charge is -2.28. The van der Waals surface area contributed by atoms with Gasteiger partial charge in [0.1, 0.15) is 5.84 Å². The molecule has 1 saturated heterocycles. The first-order valence-corrected chi connectivity index (χ1v) is 6.25. The molecule has 1 amide bonds. The summed E-state index contributed by atoms with van der Waals surface area (Å²) in [4.78, 5) is 17.9. The average molecular weight is 235 g/mol.